The molecule has 0 spiro atoms. The molecule has 2 N–H and O–H groups in total. The van der Waals surface area contributed by atoms with Crippen LogP contribution in [0.25, 0.3) is 0 Å². The Hall–Kier alpha value is -4.53. The first-order valence-electron chi connectivity index (χ1n) is 11.6. The lowest BCUT2D eigenvalue weighted by molar-refractivity contribution is 0.0924. The molecule has 0 unspecified atom stereocenters. The number of aryl methyl sites for hydroxylation is 1. The van der Waals surface area contributed by atoms with Gasteiger partial charge >= 0.3 is 0 Å². The highest BCUT2D eigenvalue weighted by molar-refractivity contribution is 6.04. The van der Waals surface area contributed by atoms with Crippen LogP contribution >= 0.6 is 0 Å². The Morgan fingerprint density at radius 1 is 0.865 bits per heavy atom. The van der Waals surface area contributed by atoms with Crippen LogP contribution < -0.4 is 10.6 Å². The van der Waals surface area contributed by atoms with E-state index < -0.39 is 35.0 Å². The van der Waals surface area contributed by atoms with Crippen molar-refractivity contribution in [3.63, 3.8) is 0 Å². The molecule has 0 fully saturated rings. The van der Waals surface area contributed by atoms with E-state index in [0.29, 0.717) is 18.6 Å². The number of carbonyl (C=O) groups is 2. The summed E-state index contributed by atoms with van der Waals surface area (Å²) in [5.41, 5.74) is 2.22. The summed E-state index contributed by atoms with van der Waals surface area (Å²) in [6, 6.07) is 16.7. The highest BCUT2D eigenvalue weighted by atomic mass is 19.1. The molecule has 1 aliphatic carbocycles. The molecular weight excluding hydrogens is 481 g/mol. The third kappa shape index (κ3) is 5.06. The molecular formula is C28H21F3N4O2. The van der Waals surface area contributed by atoms with Crippen molar-refractivity contribution in [1.29, 1.82) is 0 Å². The van der Waals surface area contributed by atoms with E-state index in [-0.39, 0.29) is 23.3 Å². The quantitative estimate of drug-likeness (QED) is 0.401. The summed E-state index contributed by atoms with van der Waals surface area (Å²) in [4.78, 5) is 34.1. The van der Waals surface area contributed by atoms with Gasteiger partial charge in [-0.2, -0.15) is 0 Å². The number of carbonyl (C=O) groups excluding carboxylic acids is 2. The van der Waals surface area contributed by atoms with E-state index >= 15 is 0 Å². The normalized spacial score (nSPS) is 16.5. The number of anilines is 1. The number of pyridine rings is 2. The summed E-state index contributed by atoms with van der Waals surface area (Å²) in [5.74, 6) is -5.21. The van der Waals surface area contributed by atoms with E-state index in [9.17, 15) is 22.8 Å². The van der Waals surface area contributed by atoms with Crippen LogP contribution in [0, 0.1) is 17.5 Å². The first-order chi connectivity index (χ1) is 17.9. The van der Waals surface area contributed by atoms with Crippen molar-refractivity contribution >= 4 is 17.5 Å². The van der Waals surface area contributed by atoms with E-state index in [2.05, 4.69) is 26.7 Å². The maximum atomic E-state index is 14.0. The molecule has 0 radical (unpaired) electrons. The molecule has 9 heteroatoms. The predicted octanol–water partition coefficient (Wildman–Crippen LogP) is 5.02. The average Bonchev–Trinajstić information content (AvgIpc) is 2.91. The van der Waals surface area contributed by atoms with E-state index in [4.69, 9.17) is 0 Å². The second-order valence-electron chi connectivity index (χ2n) is 8.69. The van der Waals surface area contributed by atoms with Crippen LogP contribution in [-0.2, 0) is 6.42 Å². The Morgan fingerprint density at radius 3 is 2.32 bits per heavy atom. The first kappa shape index (κ1) is 24.2. The molecule has 37 heavy (non-hydrogen) atoms. The summed E-state index contributed by atoms with van der Waals surface area (Å²) in [6.45, 7) is 0. The largest absolute Gasteiger partial charge is 0.347 e. The zero-order valence-electron chi connectivity index (χ0n) is 19.4. The summed E-state index contributed by atoms with van der Waals surface area (Å²) < 4.78 is 41.1. The third-order valence-electron chi connectivity index (χ3n) is 6.34. The van der Waals surface area contributed by atoms with Gasteiger partial charge in [-0.15, -0.1) is 0 Å². The van der Waals surface area contributed by atoms with Gasteiger partial charge in [0.05, 0.1) is 0 Å². The zero-order chi connectivity index (χ0) is 25.9. The molecule has 4 aromatic rings. The van der Waals surface area contributed by atoms with E-state index in [1.165, 1.54) is 23.8 Å². The number of rotatable bonds is 5. The molecule has 1 aliphatic rings. The van der Waals surface area contributed by atoms with Gasteiger partial charge in [0.1, 0.15) is 22.9 Å². The van der Waals surface area contributed by atoms with Crippen LogP contribution in [-0.4, -0.2) is 27.8 Å². The van der Waals surface area contributed by atoms with Crippen LogP contribution in [0.4, 0.5) is 18.9 Å². The monoisotopic (exact) mass is 502 g/mol. The predicted molar refractivity (Wildman–Crippen MR) is 131 cm³/mol. The Kier molecular flexibility index (Phi) is 6.68. The van der Waals surface area contributed by atoms with Crippen LogP contribution in [0.5, 0.6) is 0 Å². The van der Waals surface area contributed by atoms with Gasteiger partial charge in [0.2, 0.25) is 0 Å². The van der Waals surface area contributed by atoms with Crippen molar-refractivity contribution < 1.29 is 22.8 Å². The minimum atomic E-state index is -1.27. The number of aromatic nitrogens is 2. The van der Waals surface area contributed by atoms with Crippen molar-refractivity contribution in [2.24, 2.45) is 0 Å². The molecule has 2 atom stereocenters. The number of nitrogens with one attached hydrogen (secondary N) is 2. The van der Waals surface area contributed by atoms with Crippen molar-refractivity contribution in [1.82, 2.24) is 15.3 Å². The number of nitrogens with zero attached hydrogens (tertiary/aromatic N) is 2. The molecule has 186 valence electrons. The van der Waals surface area contributed by atoms with Crippen LogP contribution in [0.1, 0.15) is 50.0 Å². The Balaban J connectivity index is 1.37. The summed E-state index contributed by atoms with van der Waals surface area (Å²) in [5, 5.41) is 5.09. The SMILES string of the molecule is O=C(Nc1c(F)cc(F)cc1F)c1cccc(C(=O)N[C@H]2CCc3ccccc3[C@H]2c2cccnc2)n1. The van der Waals surface area contributed by atoms with Crippen LogP contribution in [0.15, 0.2) is 79.1 Å². The van der Waals surface area contributed by atoms with Gasteiger partial charge in [-0.1, -0.05) is 36.4 Å². The molecule has 0 saturated heterocycles. The minimum absolute atomic E-state index is 0.0310. The van der Waals surface area contributed by atoms with Crippen LogP contribution in [0.2, 0.25) is 0 Å². The maximum Gasteiger partial charge on any atom is 0.274 e. The van der Waals surface area contributed by atoms with Gasteiger partial charge in [0.15, 0.2) is 11.6 Å². The highest BCUT2D eigenvalue weighted by Gasteiger charge is 2.32. The van der Waals surface area contributed by atoms with Crippen molar-refractivity contribution in [2.45, 2.75) is 24.8 Å². The Morgan fingerprint density at radius 2 is 1.59 bits per heavy atom. The number of benzene rings is 2. The first-order valence-corrected chi connectivity index (χ1v) is 11.6. The lowest BCUT2D eigenvalue weighted by Gasteiger charge is -2.34. The fraction of sp³-hybridized carbons (Fsp3) is 0.143. The van der Waals surface area contributed by atoms with E-state index in [1.807, 2.05) is 30.3 Å². The second-order valence-corrected chi connectivity index (χ2v) is 8.69. The van der Waals surface area contributed by atoms with Crippen molar-refractivity contribution in [2.75, 3.05) is 5.32 Å². The van der Waals surface area contributed by atoms with Gasteiger partial charge in [0.25, 0.3) is 11.8 Å². The third-order valence-corrected chi connectivity index (χ3v) is 6.34. The average molecular weight is 502 g/mol. The molecule has 0 saturated carbocycles. The number of hydrogen-bond acceptors (Lipinski definition) is 4. The van der Waals surface area contributed by atoms with Gasteiger partial charge < -0.3 is 10.6 Å². The number of halogens is 3. The number of hydrogen-bond donors (Lipinski definition) is 2. The molecule has 0 bridgehead atoms. The molecule has 2 heterocycles. The number of amides is 2. The van der Waals surface area contributed by atoms with Gasteiger partial charge in [0, 0.05) is 36.5 Å². The fourth-order valence-electron chi connectivity index (χ4n) is 4.66. The van der Waals surface area contributed by atoms with Gasteiger partial charge in [-0.3, -0.25) is 14.6 Å². The molecule has 0 aliphatic heterocycles. The van der Waals surface area contributed by atoms with E-state index in [1.54, 1.807) is 12.4 Å². The van der Waals surface area contributed by atoms with Crippen molar-refractivity contribution in [3.05, 3.63) is 125 Å². The lowest BCUT2D eigenvalue weighted by Crippen LogP contribution is -2.42. The lowest BCUT2D eigenvalue weighted by atomic mass is 9.76. The summed E-state index contributed by atoms with van der Waals surface area (Å²) >= 11 is 0. The molecule has 5 rings (SSSR count). The maximum absolute atomic E-state index is 14.0. The standard InChI is InChI=1S/C28H21F3N4O2/c29-18-13-20(30)26(21(31)14-18)35-28(37)24-9-3-8-23(33-24)27(36)34-22-11-10-16-5-1-2-7-19(16)25(22)17-6-4-12-32-15-17/h1-9,12-15,22,25H,10-11H2,(H,34,36)(H,35,37)/t22-,25+/m0/s1. The van der Waals surface area contributed by atoms with Crippen LogP contribution in [0.3, 0.4) is 0 Å². The van der Waals surface area contributed by atoms with E-state index in [0.717, 1.165) is 17.5 Å². The smallest absolute Gasteiger partial charge is 0.274 e. The Labute approximate surface area is 210 Å². The number of fused-ring (bicyclic) bond motifs is 1. The second kappa shape index (κ2) is 10.2. The summed E-state index contributed by atoms with van der Waals surface area (Å²) in [7, 11) is 0. The van der Waals surface area contributed by atoms with Gasteiger partial charge in [-0.05, 0) is 47.7 Å². The van der Waals surface area contributed by atoms with Gasteiger partial charge in [-0.25, -0.2) is 18.2 Å². The summed E-state index contributed by atoms with van der Waals surface area (Å²) in [6.07, 6.45) is 4.94. The molecule has 6 nitrogen and oxygen atoms in total. The highest BCUT2D eigenvalue weighted by Crippen LogP contribution is 2.36. The fourth-order valence-corrected chi connectivity index (χ4v) is 4.66. The minimum Gasteiger partial charge on any atom is -0.347 e. The molecule has 2 aromatic heterocycles. The molecule has 2 amide bonds. The topological polar surface area (TPSA) is 84.0 Å². The Bertz CT molecular complexity index is 1460. The van der Waals surface area contributed by atoms with Crippen molar-refractivity contribution in [3.8, 4) is 0 Å². The zero-order valence-corrected chi connectivity index (χ0v) is 19.4. The molecule has 2 aromatic carbocycles.